The van der Waals surface area contributed by atoms with E-state index in [1.165, 1.54) is 25.7 Å². The van der Waals surface area contributed by atoms with Gasteiger partial charge in [0.2, 0.25) is 0 Å². The Labute approximate surface area is 267 Å². The van der Waals surface area contributed by atoms with Crippen molar-refractivity contribution in [2.45, 2.75) is 77.6 Å². The maximum atomic E-state index is 12.5. The van der Waals surface area contributed by atoms with E-state index in [2.05, 4.69) is 25.8 Å². The minimum atomic E-state index is -0.665. The zero-order chi connectivity index (χ0) is 32.5. The zero-order valence-corrected chi connectivity index (χ0v) is 26.6. The Bertz CT molecular complexity index is 1400. The molecule has 0 aliphatic heterocycles. The van der Waals surface area contributed by atoms with Crippen molar-refractivity contribution < 1.29 is 33.7 Å². The van der Waals surface area contributed by atoms with Gasteiger partial charge in [-0.3, -0.25) is 0 Å². The first-order valence-corrected chi connectivity index (χ1v) is 16.0. The summed E-state index contributed by atoms with van der Waals surface area (Å²) in [5.41, 5.74) is 3.74. The van der Waals surface area contributed by atoms with Crippen LogP contribution in [-0.2, 0) is 19.1 Å². The largest absolute Gasteiger partial charge is 0.462 e. The van der Waals surface area contributed by atoms with Gasteiger partial charge in [0.25, 0.3) is 0 Å². The smallest absolute Gasteiger partial charge is 0.341 e. The van der Waals surface area contributed by atoms with Gasteiger partial charge >= 0.3 is 17.9 Å². The van der Waals surface area contributed by atoms with Gasteiger partial charge in [-0.05, 0) is 123 Å². The summed E-state index contributed by atoms with van der Waals surface area (Å²) >= 11 is 0. The number of carbonyl (C=O) groups excluding carboxylic acids is 3. The molecular formula is C38H46O7. The molecule has 2 aromatic rings. The van der Waals surface area contributed by atoms with E-state index in [0.29, 0.717) is 41.1 Å². The van der Waals surface area contributed by atoms with Crippen LogP contribution in [0.3, 0.4) is 0 Å². The molecular weight excluding hydrogens is 568 g/mol. The van der Waals surface area contributed by atoms with E-state index < -0.39 is 18.5 Å². The van der Waals surface area contributed by atoms with E-state index in [9.17, 15) is 14.4 Å². The first kappa shape index (κ1) is 33.9. The van der Waals surface area contributed by atoms with E-state index in [0.717, 1.165) is 54.7 Å². The highest BCUT2D eigenvalue weighted by Gasteiger charge is 2.32. The molecule has 0 heterocycles. The third-order valence-corrected chi connectivity index (χ3v) is 9.32. The molecule has 7 heteroatoms. The van der Waals surface area contributed by atoms with Crippen LogP contribution < -0.4 is 9.47 Å². The molecule has 0 saturated heterocycles. The minimum absolute atomic E-state index is 0.00942. The summed E-state index contributed by atoms with van der Waals surface area (Å²) < 4.78 is 16.4. The third-order valence-electron chi connectivity index (χ3n) is 9.32. The van der Waals surface area contributed by atoms with Crippen molar-refractivity contribution in [2.75, 3.05) is 13.2 Å². The molecule has 45 heavy (non-hydrogen) atoms. The van der Waals surface area contributed by atoms with Crippen LogP contribution in [0.1, 0.15) is 83.1 Å². The molecule has 2 saturated carbocycles. The van der Waals surface area contributed by atoms with E-state index in [4.69, 9.17) is 19.3 Å². The Morgan fingerprint density at radius 3 is 1.89 bits per heavy atom. The second kappa shape index (κ2) is 15.8. The van der Waals surface area contributed by atoms with Crippen LogP contribution in [-0.4, -0.2) is 36.2 Å². The summed E-state index contributed by atoms with van der Waals surface area (Å²) in [4.78, 5) is 36.1. The molecule has 0 radical (unpaired) electrons. The fourth-order valence-corrected chi connectivity index (χ4v) is 6.58. The van der Waals surface area contributed by atoms with E-state index in [1.54, 1.807) is 26.0 Å². The molecule has 2 aliphatic carbocycles. The van der Waals surface area contributed by atoms with Gasteiger partial charge in [-0.2, -0.15) is 0 Å². The number of aliphatic hydroxyl groups is 1. The van der Waals surface area contributed by atoms with Crippen LogP contribution in [0.15, 0.2) is 78.9 Å². The fraction of sp³-hybridized carbons (Fsp3) is 0.447. The molecule has 2 fully saturated rings. The van der Waals surface area contributed by atoms with Gasteiger partial charge < -0.3 is 19.3 Å². The van der Waals surface area contributed by atoms with Crippen molar-refractivity contribution in [3.8, 4) is 22.6 Å². The molecule has 2 aliphatic rings. The average molecular weight is 615 g/mol. The van der Waals surface area contributed by atoms with Crippen LogP contribution in [0.5, 0.6) is 11.5 Å². The summed E-state index contributed by atoms with van der Waals surface area (Å²) in [6.45, 7) is 14.2. The number of ether oxygens (including phenoxy) is 3. The molecule has 1 N–H and O–H groups in total. The number of hydrogen-bond acceptors (Lipinski definition) is 7. The highest BCUT2D eigenvalue weighted by molar-refractivity contribution is 5.90. The van der Waals surface area contributed by atoms with Gasteiger partial charge in [-0.15, -0.1) is 0 Å². The van der Waals surface area contributed by atoms with Gasteiger partial charge in [-0.1, -0.05) is 50.8 Å². The predicted octanol–water partition coefficient (Wildman–Crippen LogP) is 7.88. The van der Waals surface area contributed by atoms with Crippen molar-refractivity contribution in [1.82, 2.24) is 0 Å². The number of rotatable bonds is 12. The molecule has 2 aromatic carbocycles. The number of esters is 3. The first-order valence-electron chi connectivity index (χ1n) is 16.0. The van der Waals surface area contributed by atoms with Crippen molar-refractivity contribution >= 4 is 17.9 Å². The lowest BCUT2D eigenvalue weighted by Gasteiger charge is -2.38. The van der Waals surface area contributed by atoms with Crippen LogP contribution in [0.4, 0.5) is 0 Å². The van der Waals surface area contributed by atoms with Crippen LogP contribution in [0, 0.1) is 17.8 Å². The summed E-state index contributed by atoms with van der Waals surface area (Å²) in [5, 5.41) is 9.11. The van der Waals surface area contributed by atoms with Gasteiger partial charge in [0.05, 0.1) is 18.8 Å². The maximum absolute atomic E-state index is 12.5. The normalized spacial score (nSPS) is 21.3. The molecule has 7 nitrogen and oxygen atoms in total. The Morgan fingerprint density at radius 2 is 1.31 bits per heavy atom. The molecule has 0 aromatic heterocycles. The first-order chi connectivity index (χ1) is 21.5. The second-order valence-electron chi connectivity index (χ2n) is 12.7. The predicted molar refractivity (Wildman–Crippen MR) is 175 cm³/mol. The monoisotopic (exact) mass is 614 g/mol. The number of hydrogen-bond donors (Lipinski definition) is 1. The summed E-state index contributed by atoms with van der Waals surface area (Å²) in [6, 6.07) is 13.1. The Hall–Kier alpha value is -3.97. The van der Waals surface area contributed by atoms with Crippen LogP contribution in [0.2, 0.25) is 0 Å². The standard InChI is InChI=1S/C38H46O7/c1-24(2)36(40)43-21-20-27-6-8-28(9-7-27)29-10-12-31(13-11-29)34-22-32(16-19-35(34)45-37(41)25(3)4)30-14-17-33(18-15-30)44-38(42)26(5)23-39/h14-19,22,27-29,31,39H,1,3,5-13,20-21,23H2,2,4H3. The SMILES string of the molecule is C=C(C)C(=O)OCCC1CCC(C2CCC(c3cc(-c4ccc(OC(=O)C(=C)CO)cc4)ccc3OC(=O)C(=C)C)CC2)CC1. The summed E-state index contributed by atoms with van der Waals surface area (Å²) in [7, 11) is 0. The Balaban J connectivity index is 1.39. The highest BCUT2D eigenvalue weighted by atomic mass is 16.5. The van der Waals surface area contributed by atoms with E-state index in [1.807, 2.05) is 24.3 Å². The van der Waals surface area contributed by atoms with Crippen molar-refractivity contribution in [3.05, 3.63) is 84.5 Å². The highest BCUT2D eigenvalue weighted by Crippen LogP contribution is 2.46. The molecule has 0 atom stereocenters. The lowest BCUT2D eigenvalue weighted by molar-refractivity contribution is -0.139. The van der Waals surface area contributed by atoms with Crippen molar-refractivity contribution in [2.24, 2.45) is 17.8 Å². The Morgan fingerprint density at radius 1 is 0.733 bits per heavy atom. The molecule has 240 valence electrons. The zero-order valence-electron chi connectivity index (χ0n) is 26.6. The third kappa shape index (κ3) is 9.27. The quantitative estimate of drug-likeness (QED) is 0.148. The van der Waals surface area contributed by atoms with Crippen LogP contribution in [0.25, 0.3) is 11.1 Å². The van der Waals surface area contributed by atoms with Gasteiger partial charge in [0.1, 0.15) is 11.5 Å². The lowest BCUT2D eigenvalue weighted by atomic mass is 9.68. The second-order valence-corrected chi connectivity index (χ2v) is 12.7. The van der Waals surface area contributed by atoms with Gasteiger partial charge in [-0.25, -0.2) is 14.4 Å². The molecule has 0 bridgehead atoms. The Kier molecular flexibility index (Phi) is 11.9. The number of benzene rings is 2. The van der Waals surface area contributed by atoms with Crippen molar-refractivity contribution in [3.63, 3.8) is 0 Å². The average Bonchev–Trinajstić information content (AvgIpc) is 3.05. The minimum Gasteiger partial charge on any atom is -0.462 e. The van der Waals surface area contributed by atoms with E-state index in [-0.39, 0.29) is 17.5 Å². The van der Waals surface area contributed by atoms with Gasteiger partial charge in [0, 0.05) is 11.1 Å². The van der Waals surface area contributed by atoms with Crippen molar-refractivity contribution in [1.29, 1.82) is 0 Å². The number of carbonyl (C=O) groups is 3. The maximum Gasteiger partial charge on any atom is 0.341 e. The molecule has 0 amide bonds. The van der Waals surface area contributed by atoms with Crippen LogP contribution >= 0.6 is 0 Å². The molecule has 4 rings (SSSR count). The topological polar surface area (TPSA) is 99.1 Å². The molecule has 0 spiro atoms. The number of aliphatic hydroxyl groups excluding tert-OH is 1. The van der Waals surface area contributed by atoms with E-state index >= 15 is 0 Å². The summed E-state index contributed by atoms with van der Waals surface area (Å²) in [6.07, 6.45) is 10.1. The lowest BCUT2D eigenvalue weighted by Crippen LogP contribution is -2.26. The summed E-state index contributed by atoms with van der Waals surface area (Å²) in [5.74, 6) is 1.87. The molecule has 0 unspecified atom stereocenters. The fourth-order valence-electron chi connectivity index (χ4n) is 6.58. The van der Waals surface area contributed by atoms with Gasteiger partial charge in [0.15, 0.2) is 0 Å².